The fraction of sp³-hybridized carbons (Fsp3) is 0.400. The number of benzene rings is 1. The number of nitrogens with one attached hydrogen (secondary N) is 1. The first-order valence-electron chi connectivity index (χ1n) is 6.76. The van der Waals surface area contributed by atoms with Gasteiger partial charge in [0.15, 0.2) is 0 Å². The SMILES string of the molecule is CCCc1nn(C)c(NC(C)c2ccccc2)c1N. The fourth-order valence-electron chi connectivity index (χ4n) is 2.22. The maximum Gasteiger partial charge on any atom is 0.148 e. The summed E-state index contributed by atoms with van der Waals surface area (Å²) in [5, 5.41) is 7.92. The van der Waals surface area contributed by atoms with Gasteiger partial charge in [-0.3, -0.25) is 4.68 Å². The molecule has 1 heterocycles. The molecule has 0 aliphatic carbocycles. The van der Waals surface area contributed by atoms with Crippen molar-refractivity contribution in [2.24, 2.45) is 7.05 Å². The molecule has 4 heteroatoms. The second kappa shape index (κ2) is 5.78. The van der Waals surface area contributed by atoms with E-state index in [0.717, 1.165) is 30.0 Å². The summed E-state index contributed by atoms with van der Waals surface area (Å²) in [6.07, 6.45) is 1.97. The average Bonchev–Trinajstić information content (AvgIpc) is 2.68. The first-order valence-corrected chi connectivity index (χ1v) is 6.76. The molecule has 1 aromatic carbocycles. The van der Waals surface area contributed by atoms with Crippen molar-refractivity contribution in [2.45, 2.75) is 32.7 Å². The van der Waals surface area contributed by atoms with E-state index in [2.05, 4.69) is 36.4 Å². The Labute approximate surface area is 114 Å². The van der Waals surface area contributed by atoms with Crippen LogP contribution >= 0.6 is 0 Å². The van der Waals surface area contributed by atoms with E-state index in [9.17, 15) is 0 Å². The normalized spacial score (nSPS) is 12.4. The molecule has 0 radical (unpaired) electrons. The molecule has 0 aliphatic heterocycles. The lowest BCUT2D eigenvalue weighted by Crippen LogP contribution is -2.11. The Morgan fingerprint density at radius 2 is 2.00 bits per heavy atom. The molecule has 0 saturated carbocycles. The summed E-state index contributed by atoms with van der Waals surface area (Å²) in [5.74, 6) is 0.903. The Bertz CT molecular complexity index is 531. The molecule has 0 bridgehead atoms. The van der Waals surface area contributed by atoms with Gasteiger partial charge >= 0.3 is 0 Å². The van der Waals surface area contributed by atoms with Gasteiger partial charge in [0.25, 0.3) is 0 Å². The molecule has 0 spiro atoms. The summed E-state index contributed by atoms with van der Waals surface area (Å²) in [5.41, 5.74) is 9.16. The molecule has 1 atom stereocenters. The van der Waals surface area contributed by atoms with E-state index in [1.165, 1.54) is 5.56 Å². The van der Waals surface area contributed by atoms with E-state index in [4.69, 9.17) is 5.73 Å². The van der Waals surface area contributed by atoms with Crippen molar-refractivity contribution in [2.75, 3.05) is 11.1 Å². The standard InChI is InChI=1S/C15H22N4/c1-4-8-13-14(16)15(19(3)18-13)17-11(2)12-9-6-5-7-10-12/h5-7,9-11,17H,4,8,16H2,1-3H3. The number of nitrogen functional groups attached to an aromatic ring is 1. The van der Waals surface area contributed by atoms with Crippen molar-refractivity contribution in [1.82, 2.24) is 9.78 Å². The summed E-state index contributed by atoms with van der Waals surface area (Å²) in [6, 6.07) is 10.5. The molecule has 3 N–H and O–H groups in total. The highest BCUT2D eigenvalue weighted by molar-refractivity contribution is 5.65. The number of rotatable bonds is 5. The van der Waals surface area contributed by atoms with E-state index >= 15 is 0 Å². The molecule has 1 unspecified atom stereocenters. The van der Waals surface area contributed by atoms with Crippen LogP contribution in [-0.2, 0) is 13.5 Å². The van der Waals surface area contributed by atoms with Crippen LogP contribution in [0.3, 0.4) is 0 Å². The van der Waals surface area contributed by atoms with Gasteiger partial charge in [0, 0.05) is 7.05 Å². The number of nitrogens with two attached hydrogens (primary N) is 1. The lowest BCUT2D eigenvalue weighted by molar-refractivity contribution is 0.725. The average molecular weight is 258 g/mol. The summed E-state index contributed by atoms with van der Waals surface area (Å²) in [7, 11) is 1.93. The van der Waals surface area contributed by atoms with Gasteiger partial charge < -0.3 is 11.1 Å². The van der Waals surface area contributed by atoms with Crippen molar-refractivity contribution in [3.63, 3.8) is 0 Å². The largest absolute Gasteiger partial charge is 0.394 e. The van der Waals surface area contributed by atoms with Crippen LogP contribution in [0.25, 0.3) is 0 Å². The molecule has 0 fully saturated rings. The number of hydrogen-bond acceptors (Lipinski definition) is 3. The molecule has 0 saturated heterocycles. The highest BCUT2D eigenvalue weighted by Crippen LogP contribution is 2.27. The summed E-state index contributed by atoms with van der Waals surface area (Å²) in [6.45, 7) is 4.26. The lowest BCUT2D eigenvalue weighted by Gasteiger charge is -2.16. The molecule has 102 valence electrons. The minimum atomic E-state index is 0.202. The van der Waals surface area contributed by atoms with Crippen molar-refractivity contribution in [3.05, 3.63) is 41.6 Å². The molecular formula is C15H22N4. The zero-order chi connectivity index (χ0) is 13.8. The third-order valence-corrected chi connectivity index (χ3v) is 3.30. The number of aryl methyl sites for hydroxylation is 2. The third-order valence-electron chi connectivity index (χ3n) is 3.30. The maximum absolute atomic E-state index is 6.17. The number of aromatic nitrogens is 2. The van der Waals surface area contributed by atoms with Gasteiger partial charge in [0.2, 0.25) is 0 Å². The minimum Gasteiger partial charge on any atom is -0.394 e. The highest BCUT2D eigenvalue weighted by atomic mass is 15.3. The second-order valence-corrected chi connectivity index (χ2v) is 4.86. The zero-order valence-electron chi connectivity index (χ0n) is 11.9. The van der Waals surface area contributed by atoms with Gasteiger partial charge in [0.1, 0.15) is 5.82 Å². The van der Waals surface area contributed by atoms with E-state index in [1.807, 2.05) is 29.9 Å². The van der Waals surface area contributed by atoms with Crippen LogP contribution in [0.1, 0.15) is 37.6 Å². The van der Waals surface area contributed by atoms with Gasteiger partial charge in [-0.1, -0.05) is 43.7 Å². The van der Waals surface area contributed by atoms with Crippen molar-refractivity contribution in [1.29, 1.82) is 0 Å². The van der Waals surface area contributed by atoms with Crippen LogP contribution < -0.4 is 11.1 Å². The van der Waals surface area contributed by atoms with E-state index in [0.29, 0.717) is 0 Å². The van der Waals surface area contributed by atoms with Crippen LogP contribution in [0.5, 0.6) is 0 Å². The second-order valence-electron chi connectivity index (χ2n) is 4.86. The molecule has 4 nitrogen and oxygen atoms in total. The molecule has 2 aromatic rings. The van der Waals surface area contributed by atoms with E-state index < -0.39 is 0 Å². The fourth-order valence-corrected chi connectivity index (χ4v) is 2.22. The topological polar surface area (TPSA) is 55.9 Å². The summed E-state index contributed by atoms with van der Waals surface area (Å²) >= 11 is 0. The van der Waals surface area contributed by atoms with E-state index in [1.54, 1.807) is 0 Å². The quantitative estimate of drug-likeness (QED) is 0.866. The first-order chi connectivity index (χ1) is 9.13. The van der Waals surface area contributed by atoms with Crippen LogP contribution in [0.15, 0.2) is 30.3 Å². The Kier molecular flexibility index (Phi) is 4.10. The molecule has 19 heavy (non-hydrogen) atoms. The third kappa shape index (κ3) is 2.89. The van der Waals surface area contributed by atoms with Crippen LogP contribution in [0.2, 0.25) is 0 Å². The van der Waals surface area contributed by atoms with Crippen molar-refractivity contribution in [3.8, 4) is 0 Å². The Hall–Kier alpha value is -1.97. The zero-order valence-corrected chi connectivity index (χ0v) is 11.9. The van der Waals surface area contributed by atoms with Gasteiger partial charge in [-0.05, 0) is 18.9 Å². The predicted octanol–water partition coefficient (Wildman–Crippen LogP) is 3.13. The van der Waals surface area contributed by atoms with Crippen molar-refractivity contribution >= 4 is 11.5 Å². The molecule has 0 amide bonds. The van der Waals surface area contributed by atoms with Crippen LogP contribution in [0, 0.1) is 0 Å². The summed E-state index contributed by atoms with van der Waals surface area (Å²) in [4.78, 5) is 0. The van der Waals surface area contributed by atoms with Crippen LogP contribution in [0.4, 0.5) is 11.5 Å². The van der Waals surface area contributed by atoms with Gasteiger partial charge in [0.05, 0.1) is 17.4 Å². The Morgan fingerprint density at radius 1 is 1.32 bits per heavy atom. The number of nitrogens with zero attached hydrogens (tertiary/aromatic N) is 2. The number of hydrogen-bond donors (Lipinski definition) is 2. The lowest BCUT2D eigenvalue weighted by atomic mass is 10.1. The van der Waals surface area contributed by atoms with Crippen molar-refractivity contribution < 1.29 is 0 Å². The van der Waals surface area contributed by atoms with Gasteiger partial charge in [-0.2, -0.15) is 5.10 Å². The Morgan fingerprint density at radius 3 is 2.63 bits per heavy atom. The Balaban J connectivity index is 2.19. The number of anilines is 2. The minimum absolute atomic E-state index is 0.202. The monoisotopic (exact) mass is 258 g/mol. The molecule has 2 rings (SSSR count). The summed E-state index contributed by atoms with van der Waals surface area (Å²) < 4.78 is 1.83. The molecule has 1 aromatic heterocycles. The van der Waals surface area contributed by atoms with Gasteiger partial charge in [-0.15, -0.1) is 0 Å². The van der Waals surface area contributed by atoms with E-state index in [-0.39, 0.29) is 6.04 Å². The predicted molar refractivity (Wildman–Crippen MR) is 80.1 cm³/mol. The first kappa shape index (κ1) is 13.5. The molecule has 0 aliphatic rings. The van der Waals surface area contributed by atoms with Crippen LogP contribution in [-0.4, -0.2) is 9.78 Å². The molecular weight excluding hydrogens is 236 g/mol. The maximum atomic E-state index is 6.17. The highest BCUT2D eigenvalue weighted by Gasteiger charge is 2.15. The van der Waals surface area contributed by atoms with Gasteiger partial charge in [-0.25, -0.2) is 0 Å². The smallest absolute Gasteiger partial charge is 0.148 e.